The number of primary amides is 1. The molecule has 6 nitrogen and oxygen atoms in total. The SMILES string of the molecule is C=C/C=C\C(=C/C)Cn1c2cccc(C(N)=O)c2c2c(OCC(=O)OC)c3ccccc3cc21. The Morgan fingerprint density at radius 3 is 2.59 bits per heavy atom. The molecule has 6 heteroatoms. The molecule has 34 heavy (non-hydrogen) atoms. The third kappa shape index (κ3) is 4.06. The number of esters is 1. The molecule has 4 aromatic rings. The van der Waals surface area contributed by atoms with Gasteiger partial charge in [-0.15, -0.1) is 0 Å². The van der Waals surface area contributed by atoms with Gasteiger partial charge in [-0.1, -0.05) is 61.2 Å². The molecule has 3 aromatic carbocycles. The van der Waals surface area contributed by atoms with Crippen LogP contribution in [-0.2, 0) is 16.1 Å². The molecule has 0 radical (unpaired) electrons. The zero-order chi connectivity index (χ0) is 24.2. The molecule has 0 aliphatic carbocycles. The van der Waals surface area contributed by atoms with Gasteiger partial charge < -0.3 is 19.8 Å². The molecule has 0 atom stereocenters. The predicted molar refractivity (Wildman–Crippen MR) is 136 cm³/mol. The van der Waals surface area contributed by atoms with Crippen molar-refractivity contribution in [3.05, 3.63) is 90.6 Å². The monoisotopic (exact) mass is 454 g/mol. The van der Waals surface area contributed by atoms with E-state index in [4.69, 9.17) is 15.2 Å². The lowest BCUT2D eigenvalue weighted by Gasteiger charge is -2.13. The summed E-state index contributed by atoms with van der Waals surface area (Å²) >= 11 is 0. The molecule has 2 N–H and O–H groups in total. The summed E-state index contributed by atoms with van der Waals surface area (Å²) in [7, 11) is 1.32. The molecular formula is C28H26N2O4. The third-order valence-corrected chi connectivity index (χ3v) is 5.84. The summed E-state index contributed by atoms with van der Waals surface area (Å²) in [6, 6.07) is 15.3. The van der Waals surface area contributed by atoms with E-state index in [1.54, 1.807) is 12.1 Å². The van der Waals surface area contributed by atoms with Gasteiger partial charge >= 0.3 is 5.97 Å². The van der Waals surface area contributed by atoms with Crippen molar-refractivity contribution in [2.24, 2.45) is 5.73 Å². The second-order valence-corrected chi connectivity index (χ2v) is 7.79. The van der Waals surface area contributed by atoms with Crippen LogP contribution in [0.3, 0.4) is 0 Å². The maximum Gasteiger partial charge on any atom is 0.343 e. The molecular weight excluding hydrogens is 428 g/mol. The van der Waals surface area contributed by atoms with Crippen LogP contribution in [0.25, 0.3) is 32.6 Å². The summed E-state index contributed by atoms with van der Waals surface area (Å²) in [6.45, 7) is 6.03. The highest BCUT2D eigenvalue weighted by Crippen LogP contribution is 2.42. The van der Waals surface area contributed by atoms with Gasteiger partial charge in [0.05, 0.1) is 23.5 Å². The van der Waals surface area contributed by atoms with Crippen LogP contribution in [0.1, 0.15) is 17.3 Å². The van der Waals surface area contributed by atoms with Crippen LogP contribution in [0.4, 0.5) is 0 Å². The van der Waals surface area contributed by atoms with Gasteiger partial charge in [0.25, 0.3) is 0 Å². The number of rotatable bonds is 8. The zero-order valence-electron chi connectivity index (χ0n) is 19.2. The van der Waals surface area contributed by atoms with Crippen molar-refractivity contribution in [3.63, 3.8) is 0 Å². The number of hydrogen-bond acceptors (Lipinski definition) is 4. The summed E-state index contributed by atoms with van der Waals surface area (Å²) in [5.41, 5.74) is 8.95. The van der Waals surface area contributed by atoms with Crippen LogP contribution in [0, 0.1) is 0 Å². The van der Waals surface area contributed by atoms with Gasteiger partial charge in [-0.2, -0.15) is 0 Å². The largest absolute Gasteiger partial charge is 0.481 e. The fourth-order valence-electron chi connectivity index (χ4n) is 4.24. The Morgan fingerprint density at radius 1 is 1.09 bits per heavy atom. The summed E-state index contributed by atoms with van der Waals surface area (Å²) < 4.78 is 13.0. The summed E-state index contributed by atoms with van der Waals surface area (Å²) in [4.78, 5) is 24.4. The average Bonchev–Trinajstić information content (AvgIpc) is 3.16. The Labute approximate surface area is 197 Å². The molecule has 0 bridgehead atoms. The zero-order valence-corrected chi connectivity index (χ0v) is 19.2. The fourth-order valence-corrected chi connectivity index (χ4v) is 4.24. The van der Waals surface area contributed by atoms with Crippen molar-refractivity contribution >= 4 is 44.5 Å². The van der Waals surface area contributed by atoms with Gasteiger partial charge in [0, 0.05) is 22.9 Å². The summed E-state index contributed by atoms with van der Waals surface area (Å²) in [5, 5.41) is 3.20. The van der Waals surface area contributed by atoms with E-state index in [-0.39, 0.29) is 6.61 Å². The van der Waals surface area contributed by atoms with E-state index in [1.165, 1.54) is 7.11 Å². The maximum atomic E-state index is 12.4. The Bertz CT molecular complexity index is 1490. The standard InChI is InChI=1S/C28H26N2O4/c1-4-6-10-18(5-2)16-30-22-14-9-13-21(28(29)32)25(22)26-23(30)15-19-11-7-8-12-20(19)27(26)34-17-24(31)33-3/h4-15H,1,16-17H2,2-3H3,(H2,29,32)/b10-6-,18-5+. The Hall–Kier alpha value is -4.32. The van der Waals surface area contributed by atoms with Gasteiger partial charge in [0.15, 0.2) is 6.61 Å². The topological polar surface area (TPSA) is 83.5 Å². The minimum absolute atomic E-state index is 0.257. The first-order valence-electron chi connectivity index (χ1n) is 10.9. The van der Waals surface area contributed by atoms with E-state index in [1.807, 2.05) is 61.5 Å². The number of benzene rings is 3. The molecule has 1 heterocycles. The Morgan fingerprint density at radius 2 is 1.88 bits per heavy atom. The lowest BCUT2D eigenvalue weighted by atomic mass is 10.0. The minimum Gasteiger partial charge on any atom is -0.481 e. The first-order chi connectivity index (χ1) is 16.5. The molecule has 0 saturated heterocycles. The van der Waals surface area contributed by atoms with Crippen molar-refractivity contribution in [1.82, 2.24) is 4.57 Å². The molecule has 0 fully saturated rings. The number of fused-ring (bicyclic) bond motifs is 4. The van der Waals surface area contributed by atoms with Crippen molar-refractivity contribution in [1.29, 1.82) is 0 Å². The summed E-state index contributed by atoms with van der Waals surface area (Å²) in [6.07, 6.45) is 7.65. The van der Waals surface area contributed by atoms with Crippen LogP contribution in [-0.4, -0.2) is 30.2 Å². The van der Waals surface area contributed by atoms with E-state index in [9.17, 15) is 9.59 Å². The van der Waals surface area contributed by atoms with Crippen LogP contribution < -0.4 is 10.5 Å². The number of carbonyl (C=O) groups excluding carboxylic acids is 2. The molecule has 1 aromatic heterocycles. The molecule has 0 aliphatic rings. The first kappa shape index (κ1) is 22.9. The van der Waals surface area contributed by atoms with Gasteiger partial charge in [-0.05, 0) is 36.1 Å². The van der Waals surface area contributed by atoms with Crippen molar-refractivity contribution in [2.75, 3.05) is 13.7 Å². The maximum absolute atomic E-state index is 12.4. The number of methoxy groups -OCH3 is 1. The molecule has 172 valence electrons. The summed E-state index contributed by atoms with van der Waals surface area (Å²) in [5.74, 6) is -0.514. The number of carbonyl (C=O) groups is 2. The smallest absolute Gasteiger partial charge is 0.343 e. The second kappa shape index (κ2) is 9.67. The lowest BCUT2D eigenvalue weighted by molar-refractivity contribution is -0.142. The number of amides is 1. The predicted octanol–water partition coefficient (Wildman–Crippen LogP) is 5.29. The second-order valence-electron chi connectivity index (χ2n) is 7.79. The Balaban J connectivity index is 2.13. The molecule has 0 saturated carbocycles. The van der Waals surface area contributed by atoms with Gasteiger partial charge in [-0.3, -0.25) is 4.79 Å². The number of ether oxygens (including phenoxy) is 2. The highest BCUT2D eigenvalue weighted by Gasteiger charge is 2.22. The van der Waals surface area contributed by atoms with Gasteiger partial charge in [0.1, 0.15) is 5.75 Å². The number of nitrogens with zero attached hydrogens (tertiary/aromatic N) is 1. The minimum atomic E-state index is -0.533. The highest BCUT2D eigenvalue weighted by atomic mass is 16.6. The van der Waals surface area contributed by atoms with E-state index in [0.29, 0.717) is 23.2 Å². The normalized spacial score (nSPS) is 12.0. The Kier molecular flexibility index (Phi) is 6.50. The average molecular weight is 455 g/mol. The fraction of sp³-hybridized carbons (Fsp3) is 0.143. The number of allylic oxidation sites excluding steroid dienone is 5. The van der Waals surface area contributed by atoms with Gasteiger partial charge in [0.2, 0.25) is 5.91 Å². The van der Waals surface area contributed by atoms with Crippen molar-refractivity contribution in [2.45, 2.75) is 13.5 Å². The van der Waals surface area contributed by atoms with E-state index < -0.39 is 11.9 Å². The molecule has 0 unspecified atom stereocenters. The first-order valence-corrected chi connectivity index (χ1v) is 10.9. The van der Waals surface area contributed by atoms with Crippen molar-refractivity contribution < 1.29 is 19.1 Å². The molecule has 4 rings (SSSR count). The van der Waals surface area contributed by atoms with E-state index in [0.717, 1.165) is 32.8 Å². The van der Waals surface area contributed by atoms with Gasteiger partial charge in [-0.25, -0.2) is 4.79 Å². The quantitative estimate of drug-likeness (QED) is 0.290. The molecule has 0 spiro atoms. The molecule has 0 aliphatic heterocycles. The van der Waals surface area contributed by atoms with Crippen molar-refractivity contribution in [3.8, 4) is 5.75 Å². The lowest BCUT2D eigenvalue weighted by Crippen LogP contribution is -2.13. The van der Waals surface area contributed by atoms with Crippen LogP contribution >= 0.6 is 0 Å². The van der Waals surface area contributed by atoms with E-state index >= 15 is 0 Å². The number of hydrogen-bond donors (Lipinski definition) is 1. The third-order valence-electron chi connectivity index (χ3n) is 5.84. The highest BCUT2D eigenvalue weighted by molar-refractivity contribution is 6.23. The van der Waals surface area contributed by atoms with Crippen LogP contribution in [0.15, 0.2) is 85.0 Å². The van der Waals surface area contributed by atoms with E-state index in [2.05, 4.69) is 17.2 Å². The number of aromatic nitrogens is 1. The van der Waals surface area contributed by atoms with Crippen LogP contribution in [0.2, 0.25) is 0 Å². The number of nitrogens with two attached hydrogens (primary N) is 1. The van der Waals surface area contributed by atoms with Crippen LogP contribution in [0.5, 0.6) is 5.75 Å². The molecule has 1 amide bonds.